The van der Waals surface area contributed by atoms with E-state index >= 15 is 0 Å². The molecule has 72 valence electrons. The molecule has 0 aliphatic rings. The van der Waals surface area contributed by atoms with Crippen molar-refractivity contribution >= 4 is 17.3 Å². The molecule has 0 bridgehead atoms. The lowest BCUT2D eigenvalue weighted by Gasteiger charge is -2.11. The molecule has 0 unspecified atom stereocenters. The van der Waals surface area contributed by atoms with Crippen LogP contribution in [0.1, 0.15) is 13.8 Å². The first-order valence-corrected chi connectivity index (χ1v) is 4.65. The van der Waals surface area contributed by atoms with Gasteiger partial charge >= 0.3 is 0 Å². The second-order valence-electron chi connectivity index (χ2n) is 3.06. The molecule has 2 nitrogen and oxygen atoms in total. The van der Waals surface area contributed by atoms with Crippen molar-refractivity contribution in [2.75, 3.05) is 12.4 Å². The molecule has 1 N–H and O–H groups in total. The van der Waals surface area contributed by atoms with Crippen molar-refractivity contribution in [3.63, 3.8) is 0 Å². The number of nitrogens with one attached hydrogen (secondary N) is 1. The van der Waals surface area contributed by atoms with Crippen LogP contribution in [0.2, 0.25) is 5.02 Å². The van der Waals surface area contributed by atoms with Crippen LogP contribution in [-0.2, 0) is 0 Å². The molecule has 0 atom stereocenters. The van der Waals surface area contributed by atoms with Crippen molar-refractivity contribution in [2.45, 2.75) is 20.0 Å². The van der Waals surface area contributed by atoms with Crippen LogP contribution >= 0.6 is 11.6 Å². The highest BCUT2D eigenvalue weighted by Crippen LogP contribution is 2.28. The highest BCUT2D eigenvalue weighted by molar-refractivity contribution is 6.32. The quantitative estimate of drug-likeness (QED) is 0.808. The Hall–Kier alpha value is -0.890. The van der Waals surface area contributed by atoms with Crippen molar-refractivity contribution < 1.29 is 4.74 Å². The first kappa shape index (κ1) is 10.2. The minimum absolute atomic E-state index is 0.151. The molecular formula is C10H14ClNO. The summed E-state index contributed by atoms with van der Waals surface area (Å²) >= 11 is 5.99. The van der Waals surface area contributed by atoms with E-state index in [1.54, 1.807) is 0 Å². The van der Waals surface area contributed by atoms with Gasteiger partial charge in [-0.2, -0.15) is 0 Å². The van der Waals surface area contributed by atoms with Crippen LogP contribution in [0.15, 0.2) is 18.2 Å². The van der Waals surface area contributed by atoms with E-state index < -0.39 is 0 Å². The van der Waals surface area contributed by atoms with Gasteiger partial charge in [0.05, 0.1) is 11.1 Å². The largest absolute Gasteiger partial charge is 0.489 e. The lowest BCUT2D eigenvalue weighted by molar-refractivity contribution is 0.242. The van der Waals surface area contributed by atoms with Gasteiger partial charge < -0.3 is 10.1 Å². The number of anilines is 1. The van der Waals surface area contributed by atoms with E-state index in [1.807, 2.05) is 39.1 Å². The van der Waals surface area contributed by atoms with Crippen molar-refractivity contribution in [1.82, 2.24) is 0 Å². The Morgan fingerprint density at radius 3 is 2.54 bits per heavy atom. The number of hydrogen-bond donors (Lipinski definition) is 1. The van der Waals surface area contributed by atoms with Gasteiger partial charge in [0.1, 0.15) is 5.75 Å². The predicted molar refractivity (Wildman–Crippen MR) is 56.8 cm³/mol. The molecule has 0 aromatic heterocycles. The molecule has 13 heavy (non-hydrogen) atoms. The van der Waals surface area contributed by atoms with E-state index in [2.05, 4.69) is 5.32 Å². The standard InChI is InChI=1S/C10H14ClNO/c1-7(2)13-10-5-4-8(12-3)6-9(10)11/h4-7,12H,1-3H3. The number of halogens is 1. The minimum atomic E-state index is 0.151. The Morgan fingerprint density at radius 1 is 1.38 bits per heavy atom. The Balaban J connectivity index is 2.85. The molecule has 1 aromatic rings. The Kier molecular flexibility index (Phi) is 3.43. The van der Waals surface area contributed by atoms with Crippen LogP contribution < -0.4 is 10.1 Å². The van der Waals surface area contributed by atoms with E-state index in [-0.39, 0.29) is 6.10 Å². The molecular weight excluding hydrogens is 186 g/mol. The van der Waals surface area contributed by atoms with E-state index in [0.29, 0.717) is 5.02 Å². The summed E-state index contributed by atoms with van der Waals surface area (Å²) in [6.45, 7) is 3.95. The zero-order valence-electron chi connectivity index (χ0n) is 8.10. The molecule has 0 radical (unpaired) electrons. The number of rotatable bonds is 3. The lowest BCUT2D eigenvalue weighted by Crippen LogP contribution is -2.05. The Bertz CT molecular complexity index is 286. The first-order chi connectivity index (χ1) is 6.13. The van der Waals surface area contributed by atoms with Crippen molar-refractivity contribution in [3.05, 3.63) is 23.2 Å². The van der Waals surface area contributed by atoms with Gasteiger partial charge in [0.2, 0.25) is 0 Å². The molecule has 0 amide bonds. The number of hydrogen-bond acceptors (Lipinski definition) is 2. The third kappa shape index (κ3) is 2.81. The highest BCUT2D eigenvalue weighted by atomic mass is 35.5. The summed E-state index contributed by atoms with van der Waals surface area (Å²) in [6.07, 6.45) is 0.151. The van der Waals surface area contributed by atoms with Gasteiger partial charge in [-0.15, -0.1) is 0 Å². The van der Waals surface area contributed by atoms with Crippen molar-refractivity contribution in [2.24, 2.45) is 0 Å². The average Bonchev–Trinajstić information content (AvgIpc) is 2.08. The zero-order valence-corrected chi connectivity index (χ0v) is 8.85. The normalized spacial score (nSPS) is 10.2. The number of ether oxygens (including phenoxy) is 1. The predicted octanol–water partition coefficient (Wildman–Crippen LogP) is 3.17. The van der Waals surface area contributed by atoms with E-state index in [4.69, 9.17) is 16.3 Å². The summed E-state index contributed by atoms with van der Waals surface area (Å²) in [7, 11) is 1.86. The number of benzene rings is 1. The maximum absolute atomic E-state index is 5.99. The average molecular weight is 200 g/mol. The van der Waals surface area contributed by atoms with Gasteiger partial charge in [-0.25, -0.2) is 0 Å². The molecule has 0 aliphatic heterocycles. The third-order valence-corrected chi connectivity index (χ3v) is 1.88. The molecule has 0 aliphatic carbocycles. The van der Waals surface area contributed by atoms with Crippen molar-refractivity contribution in [1.29, 1.82) is 0 Å². The fourth-order valence-electron chi connectivity index (χ4n) is 1.01. The van der Waals surface area contributed by atoms with Crippen LogP contribution in [-0.4, -0.2) is 13.2 Å². The van der Waals surface area contributed by atoms with Crippen LogP contribution in [0.25, 0.3) is 0 Å². The van der Waals surface area contributed by atoms with Crippen LogP contribution in [0.4, 0.5) is 5.69 Å². The summed E-state index contributed by atoms with van der Waals surface area (Å²) in [5, 5.41) is 3.65. The van der Waals surface area contributed by atoms with Crippen LogP contribution in [0.3, 0.4) is 0 Å². The Labute approximate surface area is 83.9 Å². The SMILES string of the molecule is CNc1ccc(OC(C)C)c(Cl)c1. The molecule has 1 aromatic carbocycles. The molecule has 0 heterocycles. The maximum atomic E-state index is 5.99. The minimum Gasteiger partial charge on any atom is -0.489 e. The second kappa shape index (κ2) is 4.38. The fourth-order valence-corrected chi connectivity index (χ4v) is 1.23. The van der Waals surface area contributed by atoms with E-state index in [0.717, 1.165) is 11.4 Å². The summed E-state index contributed by atoms with van der Waals surface area (Å²) in [5.41, 5.74) is 0.987. The molecule has 3 heteroatoms. The van der Waals surface area contributed by atoms with Crippen molar-refractivity contribution in [3.8, 4) is 5.75 Å². The zero-order chi connectivity index (χ0) is 9.84. The van der Waals surface area contributed by atoms with E-state index in [1.165, 1.54) is 0 Å². The second-order valence-corrected chi connectivity index (χ2v) is 3.47. The monoisotopic (exact) mass is 199 g/mol. The van der Waals surface area contributed by atoms with Gasteiger partial charge in [-0.05, 0) is 32.0 Å². The Morgan fingerprint density at radius 2 is 2.08 bits per heavy atom. The highest BCUT2D eigenvalue weighted by Gasteiger charge is 2.03. The van der Waals surface area contributed by atoms with Crippen LogP contribution in [0.5, 0.6) is 5.75 Å². The topological polar surface area (TPSA) is 21.3 Å². The summed E-state index contributed by atoms with van der Waals surface area (Å²) in [5.74, 6) is 0.732. The summed E-state index contributed by atoms with van der Waals surface area (Å²) < 4.78 is 5.48. The fraction of sp³-hybridized carbons (Fsp3) is 0.400. The third-order valence-electron chi connectivity index (χ3n) is 1.58. The summed E-state index contributed by atoms with van der Waals surface area (Å²) in [6, 6.07) is 5.65. The van der Waals surface area contributed by atoms with Gasteiger partial charge in [-0.3, -0.25) is 0 Å². The molecule has 0 fully saturated rings. The van der Waals surface area contributed by atoms with Gasteiger partial charge in [0.25, 0.3) is 0 Å². The molecule has 0 saturated heterocycles. The molecule has 0 saturated carbocycles. The summed E-state index contributed by atoms with van der Waals surface area (Å²) in [4.78, 5) is 0. The van der Waals surface area contributed by atoms with Gasteiger partial charge in [-0.1, -0.05) is 11.6 Å². The van der Waals surface area contributed by atoms with Crippen LogP contribution in [0, 0.1) is 0 Å². The molecule has 0 spiro atoms. The first-order valence-electron chi connectivity index (χ1n) is 4.27. The smallest absolute Gasteiger partial charge is 0.138 e. The van der Waals surface area contributed by atoms with E-state index in [9.17, 15) is 0 Å². The van der Waals surface area contributed by atoms with Gasteiger partial charge in [0, 0.05) is 12.7 Å². The lowest BCUT2D eigenvalue weighted by atomic mass is 10.3. The maximum Gasteiger partial charge on any atom is 0.138 e. The van der Waals surface area contributed by atoms with Gasteiger partial charge in [0.15, 0.2) is 0 Å². The molecule has 1 rings (SSSR count).